The van der Waals surface area contributed by atoms with Crippen molar-refractivity contribution in [1.82, 2.24) is 4.90 Å². The number of fused-ring (bicyclic) bond motifs is 1. The number of hydrogen-bond donors (Lipinski definition) is 2. The molecule has 0 saturated heterocycles. The Kier molecular flexibility index (Phi) is 7.42. The van der Waals surface area contributed by atoms with Crippen LogP contribution in [0.25, 0.3) is 0 Å². The molecule has 32 heavy (non-hydrogen) atoms. The van der Waals surface area contributed by atoms with Crippen molar-refractivity contribution in [3.8, 4) is 23.0 Å². The summed E-state index contributed by atoms with van der Waals surface area (Å²) in [5.41, 5.74) is 2.38. The number of carbonyl (C=O) groups is 2. The second-order valence-electron chi connectivity index (χ2n) is 7.36. The van der Waals surface area contributed by atoms with Gasteiger partial charge in [-0.2, -0.15) is 0 Å². The van der Waals surface area contributed by atoms with E-state index in [2.05, 4.69) is 5.32 Å². The van der Waals surface area contributed by atoms with Gasteiger partial charge in [0.25, 0.3) is 0 Å². The number of carboxylic acids is 1. The van der Waals surface area contributed by atoms with E-state index in [9.17, 15) is 14.7 Å². The molecule has 9 nitrogen and oxygen atoms in total. The zero-order chi connectivity index (χ0) is 23.3. The molecule has 1 atom stereocenters. The highest BCUT2D eigenvalue weighted by Gasteiger charge is 2.32. The molecule has 1 aliphatic rings. The zero-order valence-electron chi connectivity index (χ0n) is 18.6. The molecule has 3 rings (SSSR count). The van der Waals surface area contributed by atoms with Gasteiger partial charge in [-0.05, 0) is 41.8 Å². The van der Waals surface area contributed by atoms with Gasteiger partial charge in [-0.15, -0.1) is 0 Å². The molecule has 0 spiro atoms. The van der Waals surface area contributed by atoms with Gasteiger partial charge in [-0.3, -0.25) is 14.5 Å². The molecule has 2 aromatic carbocycles. The van der Waals surface area contributed by atoms with Crippen molar-refractivity contribution in [3.05, 3.63) is 41.5 Å². The van der Waals surface area contributed by atoms with Crippen LogP contribution in [0.3, 0.4) is 0 Å². The highest BCUT2D eigenvalue weighted by atomic mass is 16.5. The van der Waals surface area contributed by atoms with E-state index in [1.165, 1.54) is 21.3 Å². The lowest BCUT2D eigenvalue weighted by Gasteiger charge is -2.36. The first-order valence-electron chi connectivity index (χ1n) is 10.1. The highest BCUT2D eigenvalue weighted by Crippen LogP contribution is 2.39. The molecule has 0 radical (unpaired) electrons. The van der Waals surface area contributed by atoms with E-state index in [4.69, 9.17) is 18.9 Å². The molecule has 172 valence electrons. The van der Waals surface area contributed by atoms with Crippen molar-refractivity contribution in [2.75, 3.05) is 46.8 Å². The molecule has 0 aliphatic carbocycles. The lowest BCUT2D eigenvalue weighted by Crippen LogP contribution is -2.41. The first-order valence-corrected chi connectivity index (χ1v) is 10.1. The van der Waals surface area contributed by atoms with Crippen molar-refractivity contribution in [1.29, 1.82) is 0 Å². The third kappa shape index (κ3) is 5.05. The van der Waals surface area contributed by atoms with Crippen LogP contribution in [0.2, 0.25) is 0 Å². The zero-order valence-corrected chi connectivity index (χ0v) is 18.6. The van der Waals surface area contributed by atoms with Crippen LogP contribution in [0.1, 0.15) is 23.6 Å². The number of ether oxygens (including phenoxy) is 4. The van der Waals surface area contributed by atoms with Crippen molar-refractivity contribution in [2.24, 2.45) is 0 Å². The molecule has 1 unspecified atom stereocenters. The van der Waals surface area contributed by atoms with E-state index < -0.39 is 12.0 Å². The van der Waals surface area contributed by atoms with Crippen molar-refractivity contribution >= 4 is 17.6 Å². The predicted octanol–water partition coefficient (Wildman–Crippen LogP) is 2.73. The fourth-order valence-electron chi connectivity index (χ4n) is 3.97. The Morgan fingerprint density at radius 1 is 0.969 bits per heavy atom. The molecule has 0 aromatic heterocycles. The summed E-state index contributed by atoms with van der Waals surface area (Å²) < 4.78 is 21.3. The van der Waals surface area contributed by atoms with E-state index in [0.29, 0.717) is 41.7 Å². The number of aliphatic carboxylic acids is 1. The number of methoxy groups -OCH3 is 4. The quantitative estimate of drug-likeness (QED) is 0.608. The third-order valence-electron chi connectivity index (χ3n) is 5.50. The van der Waals surface area contributed by atoms with E-state index in [1.807, 2.05) is 11.0 Å². The number of rotatable bonds is 9. The molecule has 1 aliphatic heterocycles. The maximum Gasteiger partial charge on any atom is 0.305 e. The van der Waals surface area contributed by atoms with Gasteiger partial charge in [0.2, 0.25) is 5.91 Å². The Bertz CT molecular complexity index is 993. The number of hydrogen-bond acceptors (Lipinski definition) is 7. The Morgan fingerprint density at radius 3 is 2.22 bits per heavy atom. The van der Waals surface area contributed by atoms with Gasteiger partial charge in [-0.1, -0.05) is 0 Å². The lowest BCUT2D eigenvalue weighted by molar-refractivity contribution is -0.139. The van der Waals surface area contributed by atoms with Gasteiger partial charge in [0.1, 0.15) is 0 Å². The molecule has 0 bridgehead atoms. The highest BCUT2D eigenvalue weighted by molar-refractivity contribution is 5.92. The molecule has 1 heterocycles. The van der Waals surface area contributed by atoms with E-state index in [0.717, 1.165) is 11.1 Å². The Morgan fingerprint density at radius 2 is 1.59 bits per heavy atom. The Balaban J connectivity index is 1.81. The van der Waals surface area contributed by atoms with Crippen LogP contribution in [0.5, 0.6) is 23.0 Å². The largest absolute Gasteiger partial charge is 0.493 e. The van der Waals surface area contributed by atoms with Crippen molar-refractivity contribution in [3.63, 3.8) is 0 Å². The van der Waals surface area contributed by atoms with Crippen LogP contribution in [0.4, 0.5) is 5.69 Å². The molecule has 2 aromatic rings. The average Bonchev–Trinajstić information content (AvgIpc) is 2.79. The number of nitrogens with zero attached hydrogens (tertiary/aromatic N) is 1. The number of carboxylic acid groups (broad SMARTS) is 1. The van der Waals surface area contributed by atoms with Crippen LogP contribution < -0.4 is 24.3 Å². The van der Waals surface area contributed by atoms with Crippen LogP contribution in [-0.4, -0.2) is 63.4 Å². The molecule has 1 amide bonds. The summed E-state index contributed by atoms with van der Waals surface area (Å²) >= 11 is 0. The maximum absolute atomic E-state index is 12.8. The average molecular weight is 444 g/mol. The molecular weight excluding hydrogens is 416 g/mol. The second-order valence-corrected chi connectivity index (χ2v) is 7.36. The molecule has 2 N–H and O–H groups in total. The summed E-state index contributed by atoms with van der Waals surface area (Å²) in [6, 6.07) is 8.32. The standard InChI is InChI=1S/C23H28N2O7/c1-29-18-6-5-15(10-20(18)31-3)24-22(26)13-25-8-7-14-9-19(30-2)21(32-4)11-16(14)17(25)12-23(27)28/h5-6,9-11,17H,7-8,12-13H2,1-4H3,(H,24,26)(H,27,28). The summed E-state index contributed by atoms with van der Waals surface area (Å²) in [7, 11) is 6.16. The minimum atomic E-state index is -0.942. The number of amides is 1. The van der Waals surface area contributed by atoms with Gasteiger partial charge in [0.05, 0.1) is 41.4 Å². The number of anilines is 1. The minimum absolute atomic E-state index is 0.0417. The predicted molar refractivity (Wildman–Crippen MR) is 118 cm³/mol. The molecule has 9 heteroatoms. The summed E-state index contributed by atoms with van der Waals surface area (Å²) in [6.07, 6.45) is 0.529. The van der Waals surface area contributed by atoms with Gasteiger partial charge >= 0.3 is 5.97 Å². The van der Waals surface area contributed by atoms with Gasteiger partial charge in [0, 0.05) is 24.3 Å². The van der Waals surface area contributed by atoms with Crippen LogP contribution in [0.15, 0.2) is 30.3 Å². The fourth-order valence-corrected chi connectivity index (χ4v) is 3.97. The first-order chi connectivity index (χ1) is 15.4. The summed E-state index contributed by atoms with van der Waals surface area (Å²) in [5, 5.41) is 12.3. The monoisotopic (exact) mass is 444 g/mol. The maximum atomic E-state index is 12.8. The topological polar surface area (TPSA) is 107 Å². The van der Waals surface area contributed by atoms with E-state index in [-0.39, 0.29) is 18.9 Å². The van der Waals surface area contributed by atoms with Gasteiger partial charge in [0.15, 0.2) is 23.0 Å². The Hall–Kier alpha value is -3.46. The minimum Gasteiger partial charge on any atom is -0.493 e. The SMILES string of the molecule is COc1ccc(NC(=O)CN2CCc3cc(OC)c(OC)cc3C2CC(=O)O)cc1OC. The number of carbonyl (C=O) groups excluding carboxylic acids is 1. The van der Waals surface area contributed by atoms with Crippen LogP contribution >= 0.6 is 0 Å². The van der Waals surface area contributed by atoms with Crippen LogP contribution in [-0.2, 0) is 16.0 Å². The normalized spacial score (nSPS) is 15.4. The third-order valence-corrected chi connectivity index (χ3v) is 5.50. The molecule has 0 fully saturated rings. The Labute approximate surface area is 186 Å². The lowest BCUT2D eigenvalue weighted by atomic mass is 9.90. The van der Waals surface area contributed by atoms with E-state index in [1.54, 1.807) is 31.4 Å². The van der Waals surface area contributed by atoms with Crippen molar-refractivity contribution < 1.29 is 33.6 Å². The summed E-state index contributed by atoms with van der Waals surface area (Å²) in [5.74, 6) is 0.990. The second kappa shape index (κ2) is 10.2. The molecular formula is C23H28N2O7. The smallest absolute Gasteiger partial charge is 0.305 e. The van der Waals surface area contributed by atoms with E-state index >= 15 is 0 Å². The van der Waals surface area contributed by atoms with Crippen molar-refractivity contribution in [2.45, 2.75) is 18.9 Å². The fraction of sp³-hybridized carbons (Fsp3) is 0.391. The summed E-state index contributed by atoms with van der Waals surface area (Å²) in [6.45, 7) is 0.583. The summed E-state index contributed by atoms with van der Waals surface area (Å²) in [4.78, 5) is 26.3. The number of benzene rings is 2. The number of nitrogens with one attached hydrogen (secondary N) is 1. The van der Waals surface area contributed by atoms with Crippen LogP contribution in [0, 0.1) is 0 Å². The van der Waals surface area contributed by atoms with Gasteiger partial charge in [-0.25, -0.2) is 0 Å². The molecule has 0 saturated carbocycles. The van der Waals surface area contributed by atoms with Gasteiger partial charge < -0.3 is 29.4 Å². The first kappa shape index (κ1) is 23.2.